The number of hydrogen-bond donors (Lipinski definition) is 1. The van der Waals surface area contributed by atoms with Crippen molar-refractivity contribution in [1.29, 1.82) is 0 Å². The monoisotopic (exact) mass is 416 g/mol. The molecule has 1 N–H and O–H groups in total. The molecule has 0 radical (unpaired) electrons. The zero-order valence-electron chi connectivity index (χ0n) is 13.9. The Bertz CT molecular complexity index is 870. The Hall–Kier alpha value is -2.05. The zero-order chi connectivity index (χ0) is 17.8. The zero-order valence-corrected chi connectivity index (χ0v) is 16.3. The number of halogens is 1. The summed E-state index contributed by atoms with van der Waals surface area (Å²) in [7, 11) is 0. The van der Waals surface area contributed by atoms with E-state index in [4.69, 9.17) is 4.42 Å². The number of thioether (sulfide) groups is 1. The van der Waals surface area contributed by atoms with E-state index in [0.29, 0.717) is 11.0 Å². The molecule has 128 valence electrons. The van der Waals surface area contributed by atoms with Gasteiger partial charge in [-0.1, -0.05) is 58.0 Å². The van der Waals surface area contributed by atoms with Crippen LogP contribution in [-0.4, -0.2) is 16.6 Å². The topological polar surface area (TPSA) is 55.1 Å². The maximum atomic E-state index is 12.2. The molecule has 0 saturated carbocycles. The molecular formula is C19H17BrN2O2S. The highest BCUT2D eigenvalue weighted by molar-refractivity contribution is 9.10. The molecule has 0 bridgehead atoms. The van der Waals surface area contributed by atoms with Gasteiger partial charge in [0.1, 0.15) is 0 Å². The number of para-hydroxylation sites is 1. The number of carbonyl (C=O) groups is 1. The number of hydrogen-bond acceptors (Lipinski definition) is 4. The second-order valence-corrected chi connectivity index (χ2v) is 7.44. The van der Waals surface area contributed by atoms with Gasteiger partial charge in [-0.05, 0) is 37.1 Å². The highest BCUT2D eigenvalue weighted by atomic mass is 79.9. The van der Waals surface area contributed by atoms with Crippen molar-refractivity contribution >= 4 is 39.3 Å². The van der Waals surface area contributed by atoms with Gasteiger partial charge in [0, 0.05) is 15.7 Å². The highest BCUT2D eigenvalue weighted by Gasteiger charge is 2.11. The molecule has 1 amide bonds. The number of nitrogens with zero attached hydrogens (tertiary/aromatic N) is 1. The summed E-state index contributed by atoms with van der Waals surface area (Å²) < 4.78 is 6.72. The molecule has 0 spiro atoms. The van der Waals surface area contributed by atoms with Gasteiger partial charge in [-0.2, -0.15) is 0 Å². The molecule has 0 fully saturated rings. The number of oxazole rings is 1. The van der Waals surface area contributed by atoms with Gasteiger partial charge >= 0.3 is 0 Å². The van der Waals surface area contributed by atoms with Gasteiger partial charge < -0.3 is 9.73 Å². The molecule has 0 saturated heterocycles. The first-order valence-electron chi connectivity index (χ1n) is 7.73. The first-order chi connectivity index (χ1) is 12.0. The summed E-state index contributed by atoms with van der Waals surface area (Å²) in [5.74, 6) is 0.851. The first kappa shape index (κ1) is 17.8. The van der Waals surface area contributed by atoms with E-state index in [1.165, 1.54) is 11.8 Å². The molecule has 0 aliphatic heterocycles. The molecule has 3 rings (SSSR count). The molecular weight excluding hydrogens is 400 g/mol. The fourth-order valence-corrected chi connectivity index (χ4v) is 3.25. The van der Waals surface area contributed by atoms with Crippen LogP contribution >= 0.6 is 27.7 Å². The molecule has 1 aromatic heterocycles. The van der Waals surface area contributed by atoms with Crippen LogP contribution in [0, 0.1) is 13.8 Å². The SMILES string of the molecule is Cc1cccc(C)c1NC(=O)CSc1ncc(-c2ccc(Br)cc2)o1. The lowest BCUT2D eigenvalue weighted by atomic mass is 10.1. The number of benzene rings is 2. The van der Waals surface area contributed by atoms with E-state index < -0.39 is 0 Å². The van der Waals surface area contributed by atoms with E-state index in [2.05, 4.69) is 26.2 Å². The average molecular weight is 417 g/mol. The Balaban J connectivity index is 1.60. The molecule has 0 atom stereocenters. The van der Waals surface area contributed by atoms with Crippen molar-refractivity contribution < 1.29 is 9.21 Å². The summed E-state index contributed by atoms with van der Waals surface area (Å²) in [6.45, 7) is 3.96. The summed E-state index contributed by atoms with van der Waals surface area (Å²) in [6.07, 6.45) is 1.68. The predicted molar refractivity (Wildman–Crippen MR) is 105 cm³/mol. The van der Waals surface area contributed by atoms with E-state index >= 15 is 0 Å². The minimum absolute atomic E-state index is 0.0780. The van der Waals surface area contributed by atoms with Crippen LogP contribution < -0.4 is 5.32 Å². The summed E-state index contributed by atoms with van der Waals surface area (Å²) in [5.41, 5.74) is 3.91. The molecule has 25 heavy (non-hydrogen) atoms. The fraction of sp³-hybridized carbons (Fsp3) is 0.158. The molecule has 2 aromatic carbocycles. The van der Waals surface area contributed by atoms with Crippen molar-refractivity contribution in [2.75, 3.05) is 11.1 Å². The van der Waals surface area contributed by atoms with Gasteiger partial charge in [-0.15, -0.1) is 0 Å². The van der Waals surface area contributed by atoms with Crippen molar-refractivity contribution in [3.8, 4) is 11.3 Å². The van der Waals surface area contributed by atoms with Crippen LogP contribution in [0.3, 0.4) is 0 Å². The number of aryl methyl sites for hydroxylation is 2. The molecule has 6 heteroatoms. The maximum Gasteiger partial charge on any atom is 0.256 e. The Morgan fingerprint density at radius 1 is 1.16 bits per heavy atom. The number of rotatable bonds is 5. The highest BCUT2D eigenvalue weighted by Crippen LogP contribution is 2.27. The van der Waals surface area contributed by atoms with Crippen LogP contribution in [0.15, 0.2) is 62.8 Å². The molecule has 0 aliphatic carbocycles. The van der Waals surface area contributed by atoms with Gasteiger partial charge in [0.15, 0.2) is 5.76 Å². The van der Waals surface area contributed by atoms with Crippen molar-refractivity contribution in [2.24, 2.45) is 0 Å². The van der Waals surface area contributed by atoms with E-state index in [1.54, 1.807) is 6.20 Å². The molecule has 4 nitrogen and oxygen atoms in total. The van der Waals surface area contributed by atoms with Crippen molar-refractivity contribution in [3.05, 3.63) is 64.3 Å². The van der Waals surface area contributed by atoms with E-state index in [1.807, 2.05) is 56.3 Å². The number of anilines is 1. The summed E-state index contributed by atoms with van der Waals surface area (Å²) in [4.78, 5) is 16.4. The Labute approximate surface area is 159 Å². The van der Waals surface area contributed by atoms with Crippen molar-refractivity contribution in [1.82, 2.24) is 4.98 Å². The van der Waals surface area contributed by atoms with Crippen LogP contribution in [0.2, 0.25) is 0 Å². The number of amides is 1. The standard InChI is InChI=1S/C19H17BrN2O2S/c1-12-4-3-5-13(2)18(12)22-17(23)11-25-19-21-10-16(24-19)14-6-8-15(20)9-7-14/h3-10H,11H2,1-2H3,(H,22,23). The van der Waals surface area contributed by atoms with Gasteiger partial charge in [0.05, 0.1) is 11.9 Å². The number of nitrogens with one attached hydrogen (secondary N) is 1. The predicted octanol–water partition coefficient (Wildman–Crippen LogP) is 5.45. The quantitative estimate of drug-likeness (QED) is 0.561. The lowest BCUT2D eigenvalue weighted by molar-refractivity contribution is -0.113. The van der Waals surface area contributed by atoms with Gasteiger partial charge in [0.2, 0.25) is 5.91 Å². The third kappa shape index (κ3) is 4.52. The summed E-state index contributed by atoms with van der Waals surface area (Å²) in [5, 5.41) is 3.44. The Morgan fingerprint density at radius 2 is 1.84 bits per heavy atom. The number of aromatic nitrogens is 1. The molecule has 0 unspecified atom stereocenters. The van der Waals surface area contributed by atoms with Crippen LogP contribution in [0.25, 0.3) is 11.3 Å². The lowest BCUT2D eigenvalue weighted by Crippen LogP contribution is -2.15. The third-order valence-electron chi connectivity index (χ3n) is 3.69. The summed E-state index contributed by atoms with van der Waals surface area (Å²) in [6, 6.07) is 13.7. The Kier molecular flexibility index (Phi) is 5.60. The maximum absolute atomic E-state index is 12.2. The van der Waals surface area contributed by atoms with Gasteiger partial charge in [-0.3, -0.25) is 4.79 Å². The van der Waals surface area contributed by atoms with E-state index in [-0.39, 0.29) is 11.7 Å². The summed E-state index contributed by atoms with van der Waals surface area (Å²) >= 11 is 4.69. The Morgan fingerprint density at radius 3 is 2.52 bits per heavy atom. The average Bonchev–Trinajstić information content (AvgIpc) is 3.06. The van der Waals surface area contributed by atoms with Crippen molar-refractivity contribution in [2.45, 2.75) is 19.1 Å². The largest absolute Gasteiger partial charge is 0.431 e. The molecule has 3 aromatic rings. The van der Waals surface area contributed by atoms with Gasteiger partial charge in [-0.25, -0.2) is 4.98 Å². The first-order valence-corrected chi connectivity index (χ1v) is 9.51. The van der Waals surface area contributed by atoms with Crippen LogP contribution in [0.1, 0.15) is 11.1 Å². The van der Waals surface area contributed by atoms with E-state index in [0.717, 1.165) is 26.9 Å². The number of carbonyl (C=O) groups excluding carboxylic acids is 1. The van der Waals surface area contributed by atoms with E-state index in [9.17, 15) is 4.79 Å². The fourth-order valence-electron chi connectivity index (χ4n) is 2.39. The minimum atomic E-state index is -0.0780. The second kappa shape index (κ2) is 7.89. The molecule has 1 heterocycles. The van der Waals surface area contributed by atoms with Crippen LogP contribution in [0.5, 0.6) is 0 Å². The molecule has 0 aliphatic rings. The lowest BCUT2D eigenvalue weighted by Gasteiger charge is -2.10. The van der Waals surface area contributed by atoms with Crippen LogP contribution in [0.4, 0.5) is 5.69 Å². The normalized spacial score (nSPS) is 10.7. The third-order valence-corrected chi connectivity index (χ3v) is 5.06. The van der Waals surface area contributed by atoms with Gasteiger partial charge in [0.25, 0.3) is 5.22 Å². The smallest absolute Gasteiger partial charge is 0.256 e. The van der Waals surface area contributed by atoms with Crippen LogP contribution in [-0.2, 0) is 4.79 Å². The van der Waals surface area contributed by atoms with Crippen molar-refractivity contribution in [3.63, 3.8) is 0 Å². The minimum Gasteiger partial charge on any atom is -0.431 e. The second-order valence-electron chi connectivity index (χ2n) is 5.60.